The highest BCUT2D eigenvalue weighted by molar-refractivity contribution is 8.18. The van der Waals surface area contributed by atoms with Crippen LogP contribution in [0, 0.1) is 15.9 Å². The van der Waals surface area contributed by atoms with Gasteiger partial charge in [-0.3, -0.25) is 24.6 Å². The summed E-state index contributed by atoms with van der Waals surface area (Å²) in [5.74, 6) is -1.11. The average molecular weight is 569 g/mol. The zero-order valence-corrected chi connectivity index (χ0v) is 21.4. The molecule has 4 aromatic rings. The van der Waals surface area contributed by atoms with E-state index < -0.39 is 21.9 Å². The maximum Gasteiger partial charge on any atom is 0.293 e. The van der Waals surface area contributed by atoms with Crippen LogP contribution in [0.5, 0.6) is 0 Å². The number of thioether (sulfide) groups is 1. The third-order valence-electron chi connectivity index (χ3n) is 5.34. The van der Waals surface area contributed by atoms with E-state index in [9.17, 15) is 24.1 Å². The van der Waals surface area contributed by atoms with Crippen LogP contribution < -0.4 is 0 Å². The van der Waals surface area contributed by atoms with Gasteiger partial charge in [0.25, 0.3) is 16.8 Å². The van der Waals surface area contributed by atoms with Gasteiger partial charge in [0.05, 0.1) is 27.0 Å². The number of tetrazole rings is 1. The maximum absolute atomic E-state index is 13.3. The molecule has 0 bridgehead atoms. The number of hydrogen-bond donors (Lipinski definition) is 0. The molecule has 0 saturated carbocycles. The number of benzene rings is 3. The van der Waals surface area contributed by atoms with E-state index in [4.69, 9.17) is 11.6 Å². The van der Waals surface area contributed by atoms with E-state index in [1.165, 1.54) is 35.0 Å². The summed E-state index contributed by atoms with van der Waals surface area (Å²) in [6, 6.07) is 17.2. The number of para-hydroxylation sites is 1. The molecule has 0 aliphatic carbocycles. The number of nitrogens with zero attached hydrogens (tertiary/aromatic N) is 6. The minimum Gasteiger partial charge on any atom is -0.268 e. The number of amides is 2. The molecule has 3 aromatic carbocycles. The van der Waals surface area contributed by atoms with Crippen LogP contribution in [0.3, 0.4) is 0 Å². The minimum atomic E-state index is -0.580. The Labute approximate surface area is 227 Å². The lowest BCUT2D eigenvalue weighted by Crippen LogP contribution is -2.27. The number of imide groups is 1. The van der Waals surface area contributed by atoms with E-state index in [1.54, 1.807) is 18.2 Å². The quantitative estimate of drug-likeness (QED) is 0.156. The van der Waals surface area contributed by atoms with Crippen molar-refractivity contribution in [2.45, 2.75) is 16.6 Å². The van der Waals surface area contributed by atoms with Gasteiger partial charge in [0, 0.05) is 11.1 Å². The summed E-state index contributed by atoms with van der Waals surface area (Å²) >= 11 is 7.76. The first-order chi connectivity index (χ1) is 18.3. The molecule has 0 spiro atoms. The average Bonchev–Trinajstić information content (AvgIpc) is 3.46. The molecule has 1 aliphatic rings. The van der Waals surface area contributed by atoms with Gasteiger partial charge in [-0.1, -0.05) is 41.9 Å². The van der Waals surface area contributed by atoms with E-state index in [2.05, 4.69) is 15.5 Å². The number of halogens is 2. The first-order valence-electron chi connectivity index (χ1n) is 10.8. The Morgan fingerprint density at radius 2 is 1.89 bits per heavy atom. The van der Waals surface area contributed by atoms with Crippen LogP contribution in [0.1, 0.15) is 11.1 Å². The van der Waals surface area contributed by atoms with Crippen LogP contribution in [-0.4, -0.2) is 41.2 Å². The number of carbonyl (C=O) groups is 2. The first kappa shape index (κ1) is 25.6. The van der Waals surface area contributed by atoms with Crippen molar-refractivity contribution in [1.29, 1.82) is 0 Å². The van der Waals surface area contributed by atoms with Crippen molar-refractivity contribution in [1.82, 2.24) is 25.1 Å². The van der Waals surface area contributed by atoms with Crippen molar-refractivity contribution < 1.29 is 18.9 Å². The lowest BCUT2D eigenvalue weighted by atomic mass is 10.1. The molecule has 0 radical (unpaired) electrons. The lowest BCUT2D eigenvalue weighted by Gasteiger charge is -2.13. The van der Waals surface area contributed by atoms with Crippen LogP contribution >= 0.6 is 35.1 Å². The zero-order valence-electron chi connectivity index (χ0n) is 19.0. The smallest absolute Gasteiger partial charge is 0.268 e. The van der Waals surface area contributed by atoms with Gasteiger partial charge in [-0.25, -0.2) is 4.39 Å². The van der Waals surface area contributed by atoms with E-state index in [1.807, 2.05) is 18.2 Å². The van der Waals surface area contributed by atoms with Crippen LogP contribution in [0.15, 0.2) is 81.7 Å². The standard InChI is InChI=1S/C24H14ClFN6O4S2/c25-18-12-16(26)8-7-15(18)13-30-22(33)21(38-24(30)34)11-14-6-9-20(19(10-14)32(35)36)37-23-27-28-29-31(23)17-4-2-1-3-5-17/h1-12H,13H2/b21-11-. The largest absolute Gasteiger partial charge is 0.293 e. The molecule has 14 heteroatoms. The fourth-order valence-electron chi connectivity index (χ4n) is 3.53. The van der Waals surface area contributed by atoms with Crippen LogP contribution in [-0.2, 0) is 11.3 Å². The Morgan fingerprint density at radius 3 is 2.63 bits per heavy atom. The predicted octanol–water partition coefficient (Wildman–Crippen LogP) is 5.75. The fourth-order valence-corrected chi connectivity index (χ4v) is 5.48. The molecular weight excluding hydrogens is 555 g/mol. The van der Waals surface area contributed by atoms with Crippen molar-refractivity contribution in [3.05, 3.63) is 104 Å². The van der Waals surface area contributed by atoms with Crippen molar-refractivity contribution in [2.24, 2.45) is 0 Å². The molecule has 0 N–H and O–H groups in total. The third-order valence-corrected chi connectivity index (χ3v) is 7.60. The van der Waals surface area contributed by atoms with Crippen molar-refractivity contribution in [2.75, 3.05) is 0 Å². The summed E-state index contributed by atoms with van der Waals surface area (Å²) < 4.78 is 14.8. The number of nitro benzene ring substituents is 1. The third kappa shape index (κ3) is 5.30. The molecule has 10 nitrogen and oxygen atoms in total. The Morgan fingerprint density at radius 1 is 1.11 bits per heavy atom. The summed E-state index contributed by atoms with van der Waals surface area (Å²) in [6.07, 6.45) is 1.41. The second kappa shape index (κ2) is 10.7. The molecule has 1 aliphatic heterocycles. The number of carbonyl (C=O) groups excluding carboxylic acids is 2. The molecule has 0 unspecified atom stereocenters. The molecule has 2 amide bonds. The van der Waals surface area contributed by atoms with Gasteiger partial charge < -0.3 is 0 Å². The van der Waals surface area contributed by atoms with E-state index in [0.29, 0.717) is 33.7 Å². The van der Waals surface area contributed by atoms with Gasteiger partial charge in [-0.05, 0) is 81.5 Å². The summed E-state index contributed by atoms with van der Waals surface area (Å²) in [6.45, 7) is -0.132. The Bertz CT molecular complexity index is 1610. The van der Waals surface area contributed by atoms with Gasteiger partial charge in [0.15, 0.2) is 0 Å². The van der Waals surface area contributed by atoms with E-state index >= 15 is 0 Å². The highest BCUT2D eigenvalue weighted by Gasteiger charge is 2.35. The lowest BCUT2D eigenvalue weighted by molar-refractivity contribution is -0.387. The number of nitro groups is 1. The fraction of sp³-hybridized carbons (Fsp3) is 0.0417. The van der Waals surface area contributed by atoms with E-state index in [0.717, 1.165) is 22.7 Å². The predicted molar refractivity (Wildman–Crippen MR) is 139 cm³/mol. The SMILES string of the molecule is O=C1S/C(=C\c2ccc(Sc3nnnn3-c3ccccc3)c([N+](=O)[O-])c2)C(=O)N1Cc1ccc(F)cc1Cl. The molecule has 1 saturated heterocycles. The Hall–Kier alpha value is -4.07. The highest BCUT2D eigenvalue weighted by Crippen LogP contribution is 2.38. The number of hydrogen-bond acceptors (Lipinski definition) is 9. The topological polar surface area (TPSA) is 124 Å². The van der Waals surface area contributed by atoms with Crippen LogP contribution in [0.25, 0.3) is 11.8 Å². The first-order valence-corrected chi connectivity index (χ1v) is 12.8. The number of aromatic nitrogens is 4. The van der Waals surface area contributed by atoms with Crippen molar-refractivity contribution in [3.8, 4) is 5.69 Å². The van der Waals surface area contributed by atoms with Crippen molar-refractivity contribution >= 4 is 58.0 Å². The summed E-state index contributed by atoms with van der Waals surface area (Å²) in [7, 11) is 0. The molecule has 190 valence electrons. The highest BCUT2D eigenvalue weighted by atomic mass is 35.5. The summed E-state index contributed by atoms with van der Waals surface area (Å²) in [5, 5.41) is 23.4. The normalized spacial score (nSPS) is 14.5. The maximum atomic E-state index is 13.3. The van der Waals surface area contributed by atoms with Gasteiger partial charge in [0.2, 0.25) is 5.16 Å². The van der Waals surface area contributed by atoms with Gasteiger partial charge in [-0.2, -0.15) is 4.68 Å². The monoisotopic (exact) mass is 568 g/mol. The van der Waals surface area contributed by atoms with Gasteiger partial charge in [-0.15, -0.1) is 5.10 Å². The second-order valence-electron chi connectivity index (χ2n) is 7.80. The molecule has 1 aromatic heterocycles. The molecular formula is C24H14ClFN6O4S2. The van der Waals surface area contributed by atoms with E-state index in [-0.39, 0.29) is 27.1 Å². The second-order valence-corrected chi connectivity index (χ2v) is 10.2. The van der Waals surface area contributed by atoms with Gasteiger partial charge in [0.1, 0.15) is 5.82 Å². The van der Waals surface area contributed by atoms with Crippen molar-refractivity contribution in [3.63, 3.8) is 0 Å². The Kier molecular flexibility index (Phi) is 7.22. The van der Waals surface area contributed by atoms with Crippen LogP contribution in [0.2, 0.25) is 5.02 Å². The summed E-state index contributed by atoms with van der Waals surface area (Å²) in [4.78, 5) is 38.1. The number of rotatable bonds is 7. The summed E-state index contributed by atoms with van der Waals surface area (Å²) in [5.41, 5.74) is 1.24. The minimum absolute atomic E-state index is 0.0926. The molecule has 5 rings (SSSR count). The Balaban J connectivity index is 1.39. The van der Waals surface area contributed by atoms with Crippen LogP contribution in [0.4, 0.5) is 14.9 Å². The molecule has 38 heavy (non-hydrogen) atoms. The molecule has 1 fully saturated rings. The zero-order chi connectivity index (χ0) is 26.8. The van der Waals surface area contributed by atoms with Gasteiger partial charge >= 0.3 is 0 Å². The molecule has 0 atom stereocenters. The molecule has 2 heterocycles.